The molecular weight excluding hydrogens is 434 g/mol. The normalized spacial score (nSPS) is 15.0. The van der Waals surface area contributed by atoms with Crippen molar-refractivity contribution in [2.45, 2.75) is 11.3 Å². The topological polar surface area (TPSA) is 57.7 Å². The molecule has 0 bridgehead atoms. The van der Waals surface area contributed by atoms with Crippen LogP contribution in [0.5, 0.6) is 0 Å². The largest absolute Gasteiger partial charge is 0.336 e. The highest BCUT2D eigenvalue weighted by molar-refractivity contribution is 7.89. The monoisotopic (exact) mass is 456 g/mol. The minimum atomic E-state index is -3.98. The highest BCUT2D eigenvalue weighted by atomic mass is 32.2. The number of piperazine rings is 1. The summed E-state index contributed by atoms with van der Waals surface area (Å²) in [5.41, 5.74) is 2.59. The predicted octanol–water partition coefficient (Wildman–Crippen LogP) is 3.70. The van der Waals surface area contributed by atoms with Crippen molar-refractivity contribution in [1.82, 2.24) is 9.21 Å². The fourth-order valence-electron chi connectivity index (χ4n) is 3.79. The first-order valence-electron chi connectivity index (χ1n) is 10.2. The van der Waals surface area contributed by atoms with E-state index in [1.165, 1.54) is 4.31 Å². The Morgan fingerprint density at radius 1 is 0.812 bits per heavy atom. The van der Waals surface area contributed by atoms with Crippen molar-refractivity contribution in [3.63, 3.8) is 0 Å². The van der Waals surface area contributed by atoms with Crippen molar-refractivity contribution in [2.24, 2.45) is 0 Å². The second kappa shape index (κ2) is 9.18. The van der Waals surface area contributed by atoms with Crippen molar-refractivity contribution < 1.29 is 22.0 Å². The van der Waals surface area contributed by atoms with Crippen LogP contribution >= 0.6 is 0 Å². The Hall–Kier alpha value is -3.10. The van der Waals surface area contributed by atoms with Gasteiger partial charge in [-0.1, -0.05) is 48.5 Å². The van der Waals surface area contributed by atoms with Gasteiger partial charge in [0.2, 0.25) is 10.0 Å². The molecule has 0 radical (unpaired) electrons. The van der Waals surface area contributed by atoms with Crippen LogP contribution in [-0.2, 0) is 16.4 Å². The molecule has 32 heavy (non-hydrogen) atoms. The maximum Gasteiger partial charge on any atom is 0.254 e. The molecule has 0 aromatic heterocycles. The van der Waals surface area contributed by atoms with Gasteiger partial charge in [0.25, 0.3) is 5.91 Å². The van der Waals surface area contributed by atoms with Crippen LogP contribution < -0.4 is 0 Å². The molecule has 0 spiro atoms. The van der Waals surface area contributed by atoms with E-state index in [1.54, 1.807) is 11.0 Å². The van der Waals surface area contributed by atoms with Gasteiger partial charge in [0, 0.05) is 31.7 Å². The van der Waals surface area contributed by atoms with E-state index in [0.717, 1.165) is 23.3 Å². The Bertz CT molecular complexity index is 1230. The molecule has 1 amide bonds. The predicted molar refractivity (Wildman–Crippen MR) is 117 cm³/mol. The van der Waals surface area contributed by atoms with E-state index in [4.69, 9.17) is 0 Å². The average Bonchev–Trinajstić information content (AvgIpc) is 2.81. The number of rotatable bonds is 5. The molecule has 1 aliphatic heterocycles. The molecule has 5 nitrogen and oxygen atoms in total. The Morgan fingerprint density at radius 3 is 2.16 bits per heavy atom. The Morgan fingerprint density at radius 2 is 1.47 bits per heavy atom. The molecule has 166 valence electrons. The van der Waals surface area contributed by atoms with Gasteiger partial charge in [-0.05, 0) is 41.8 Å². The summed E-state index contributed by atoms with van der Waals surface area (Å²) < 4.78 is 53.5. The summed E-state index contributed by atoms with van der Waals surface area (Å²) >= 11 is 0. The molecule has 3 aromatic carbocycles. The highest BCUT2D eigenvalue weighted by Gasteiger charge is 2.31. The third-order valence-corrected chi connectivity index (χ3v) is 7.43. The second-order valence-electron chi connectivity index (χ2n) is 7.59. The van der Waals surface area contributed by atoms with E-state index in [9.17, 15) is 22.0 Å². The standard InChI is InChI=1S/C24H22F2N2O3S/c25-22-11-10-20(17-23(22)26)32(30,31)28-14-12-27(13-15-28)24(29)21-9-5-4-8-19(21)16-18-6-2-1-3-7-18/h1-11,17H,12-16H2. The number of carbonyl (C=O) groups is 1. The zero-order valence-corrected chi connectivity index (χ0v) is 18.1. The van der Waals surface area contributed by atoms with Crippen LogP contribution in [0.15, 0.2) is 77.7 Å². The molecule has 1 saturated heterocycles. The molecule has 1 heterocycles. The number of sulfonamides is 1. The fraction of sp³-hybridized carbons (Fsp3) is 0.208. The van der Waals surface area contributed by atoms with Gasteiger partial charge in [-0.25, -0.2) is 17.2 Å². The molecule has 0 atom stereocenters. The highest BCUT2D eigenvalue weighted by Crippen LogP contribution is 2.22. The van der Waals surface area contributed by atoms with Crippen LogP contribution in [-0.4, -0.2) is 49.7 Å². The Balaban J connectivity index is 1.47. The summed E-state index contributed by atoms with van der Waals surface area (Å²) in [6.07, 6.45) is 0.618. The quantitative estimate of drug-likeness (QED) is 0.588. The number of amides is 1. The Kier molecular flexibility index (Phi) is 6.34. The van der Waals surface area contributed by atoms with Crippen LogP contribution in [0.2, 0.25) is 0 Å². The summed E-state index contributed by atoms with van der Waals surface area (Å²) in [5, 5.41) is 0. The summed E-state index contributed by atoms with van der Waals surface area (Å²) in [7, 11) is -3.98. The molecule has 4 rings (SSSR count). The second-order valence-corrected chi connectivity index (χ2v) is 9.53. The average molecular weight is 457 g/mol. The van der Waals surface area contributed by atoms with Crippen LogP contribution in [0, 0.1) is 11.6 Å². The minimum absolute atomic E-state index is 0.0773. The lowest BCUT2D eigenvalue weighted by molar-refractivity contribution is 0.0697. The summed E-state index contributed by atoms with van der Waals surface area (Å²) in [4.78, 5) is 14.5. The van der Waals surface area contributed by atoms with Crippen molar-refractivity contribution in [2.75, 3.05) is 26.2 Å². The van der Waals surface area contributed by atoms with Crippen molar-refractivity contribution in [3.8, 4) is 0 Å². The van der Waals surface area contributed by atoms with Crippen molar-refractivity contribution in [1.29, 1.82) is 0 Å². The van der Waals surface area contributed by atoms with E-state index < -0.39 is 21.7 Å². The Labute approximate surface area is 186 Å². The molecule has 0 unspecified atom stereocenters. The smallest absolute Gasteiger partial charge is 0.254 e. The molecule has 0 saturated carbocycles. The molecule has 8 heteroatoms. The van der Waals surface area contributed by atoms with Gasteiger partial charge in [0.1, 0.15) is 0 Å². The van der Waals surface area contributed by atoms with Gasteiger partial charge in [-0.3, -0.25) is 4.79 Å². The zero-order valence-electron chi connectivity index (χ0n) is 17.2. The van der Waals surface area contributed by atoms with Gasteiger partial charge in [0.05, 0.1) is 4.90 Å². The minimum Gasteiger partial charge on any atom is -0.336 e. The first kappa shape index (κ1) is 22.1. The molecule has 1 aliphatic rings. The van der Waals surface area contributed by atoms with Crippen LogP contribution in [0.4, 0.5) is 8.78 Å². The molecule has 0 aliphatic carbocycles. The number of nitrogens with zero attached hydrogens (tertiary/aromatic N) is 2. The number of benzene rings is 3. The third kappa shape index (κ3) is 4.56. The zero-order chi connectivity index (χ0) is 22.7. The van der Waals surface area contributed by atoms with Crippen molar-refractivity contribution in [3.05, 3.63) is 101 Å². The van der Waals surface area contributed by atoms with Gasteiger partial charge >= 0.3 is 0 Å². The van der Waals surface area contributed by atoms with E-state index in [2.05, 4.69) is 0 Å². The third-order valence-electron chi connectivity index (χ3n) is 5.54. The SMILES string of the molecule is O=C(c1ccccc1Cc1ccccc1)N1CCN(S(=O)(=O)c2ccc(F)c(F)c2)CC1. The van der Waals surface area contributed by atoms with Crippen LogP contribution in [0.3, 0.4) is 0 Å². The van der Waals surface area contributed by atoms with Gasteiger partial charge < -0.3 is 4.90 Å². The van der Waals surface area contributed by atoms with E-state index in [1.807, 2.05) is 48.5 Å². The maximum absolute atomic E-state index is 13.5. The van der Waals surface area contributed by atoms with E-state index in [-0.39, 0.29) is 37.0 Å². The van der Waals surface area contributed by atoms with Gasteiger partial charge in [0.15, 0.2) is 11.6 Å². The number of hydrogen-bond acceptors (Lipinski definition) is 3. The fourth-order valence-corrected chi connectivity index (χ4v) is 5.22. The maximum atomic E-state index is 13.5. The van der Waals surface area contributed by atoms with E-state index >= 15 is 0 Å². The number of halogens is 2. The lowest BCUT2D eigenvalue weighted by atomic mass is 9.99. The van der Waals surface area contributed by atoms with Crippen LogP contribution in [0.25, 0.3) is 0 Å². The van der Waals surface area contributed by atoms with Crippen molar-refractivity contribution >= 4 is 15.9 Å². The van der Waals surface area contributed by atoms with Gasteiger partial charge in [-0.15, -0.1) is 0 Å². The first-order valence-corrected chi connectivity index (χ1v) is 11.7. The number of hydrogen-bond donors (Lipinski definition) is 0. The van der Waals surface area contributed by atoms with E-state index in [0.29, 0.717) is 18.1 Å². The number of carbonyl (C=O) groups excluding carboxylic acids is 1. The molecular formula is C24H22F2N2O3S. The first-order chi connectivity index (χ1) is 15.4. The summed E-state index contributed by atoms with van der Waals surface area (Å²) in [6, 6.07) is 19.8. The molecule has 1 fully saturated rings. The van der Waals surface area contributed by atoms with Crippen LogP contribution in [0.1, 0.15) is 21.5 Å². The molecule has 0 N–H and O–H groups in total. The summed E-state index contributed by atoms with van der Waals surface area (Å²) in [6.45, 7) is 0.574. The van der Waals surface area contributed by atoms with Gasteiger partial charge in [-0.2, -0.15) is 4.31 Å². The summed E-state index contributed by atoms with van der Waals surface area (Å²) in [5.74, 6) is -2.47. The lowest BCUT2D eigenvalue weighted by Crippen LogP contribution is -2.50. The molecule has 3 aromatic rings. The lowest BCUT2D eigenvalue weighted by Gasteiger charge is -2.34.